The van der Waals surface area contributed by atoms with E-state index in [9.17, 15) is 4.79 Å². The molecule has 8 nitrogen and oxygen atoms in total. The number of hydrogen-bond acceptors (Lipinski definition) is 7. The van der Waals surface area contributed by atoms with Gasteiger partial charge in [0.15, 0.2) is 5.65 Å². The summed E-state index contributed by atoms with van der Waals surface area (Å²) in [6.07, 6.45) is 1.70. The molecule has 0 spiro atoms. The number of nitrogen functional groups attached to an aromatic ring is 1. The van der Waals surface area contributed by atoms with Crippen molar-refractivity contribution in [2.75, 3.05) is 12.8 Å². The van der Waals surface area contributed by atoms with Crippen LogP contribution in [0.5, 0.6) is 5.75 Å². The molecule has 0 aliphatic heterocycles. The number of aromatic nitrogens is 4. The topological polar surface area (TPSA) is 122 Å². The number of carbonyl (C=O) groups excluding carboxylic acids is 1. The highest BCUT2D eigenvalue weighted by Gasteiger charge is 2.26. The quantitative estimate of drug-likeness (QED) is 0.535. The Morgan fingerprint density at radius 3 is 2.59 bits per heavy atom. The van der Waals surface area contributed by atoms with Crippen molar-refractivity contribution < 1.29 is 9.53 Å². The minimum Gasteiger partial charge on any atom is -0.496 e. The van der Waals surface area contributed by atoms with Crippen LogP contribution in [0.4, 0.5) is 5.82 Å². The molecule has 0 aliphatic rings. The van der Waals surface area contributed by atoms with Gasteiger partial charge in [-0.15, -0.1) is 11.3 Å². The Balaban J connectivity index is 2.14. The van der Waals surface area contributed by atoms with Gasteiger partial charge < -0.3 is 16.2 Å². The second-order valence-electron chi connectivity index (χ2n) is 6.69. The molecule has 0 atom stereocenters. The van der Waals surface area contributed by atoms with Gasteiger partial charge in [0.05, 0.1) is 18.5 Å². The SMILES string of the molecule is COc1ccc(C)c(-n2c(N)c(C(N)=O)c3nc(-c4nccs4)c(C)nc32)c1C. The average Bonchev–Trinajstić information content (AvgIpc) is 3.28. The van der Waals surface area contributed by atoms with Crippen molar-refractivity contribution in [3.8, 4) is 22.1 Å². The monoisotopic (exact) mass is 408 g/mol. The summed E-state index contributed by atoms with van der Waals surface area (Å²) in [5, 5.41) is 2.57. The maximum Gasteiger partial charge on any atom is 0.254 e. The van der Waals surface area contributed by atoms with E-state index < -0.39 is 5.91 Å². The van der Waals surface area contributed by atoms with Crippen molar-refractivity contribution in [1.29, 1.82) is 0 Å². The molecule has 1 amide bonds. The van der Waals surface area contributed by atoms with E-state index in [0.717, 1.165) is 16.8 Å². The molecule has 0 unspecified atom stereocenters. The lowest BCUT2D eigenvalue weighted by molar-refractivity contribution is 0.100. The number of fused-ring (bicyclic) bond motifs is 1. The number of aryl methyl sites for hydroxylation is 2. The molecule has 0 saturated heterocycles. The summed E-state index contributed by atoms with van der Waals surface area (Å²) in [7, 11) is 1.61. The van der Waals surface area contributed by atoms with Gasteiger partial charge in [-0.3, -0.25) is 9.36 Å². The number of benzene rings is 1. The summed E-state index contributed by atoms with van der Waals surface area (Å²) in [6, 6.07) is 3.82. The summed E-state index contributed by atoms with van der Waals surface area (Å²) < 4.78 is 7.20. The van der Waals surface area contributed by atoms with Gasteiger partial charge >= 0.3 is 0 Å². The van der Waals surface area contributed by atoms with E-state index in [4.69, 9.17) is 26.2 Å². The van der Waals surface area contributed by atoms with Crippen LogP contribution < -0.4 is 16.2 Å². The van der Waals surface area contributed by atoms with E-state index in [1.165, 1.54) is 11.3 Å². The maximum absolute atomic E-state index is 12.3. The van der Waals surface area contributed by atoms with Crippen molar-refractivity contribution in [2.24, 2.45) is 5.73 Å². The summed E-state index contributed by atoms with van der Waals surface area (Å²) in [6.45, 7) is 5.74. The zero-order valence-electron chi connectivity index (χ0n) is 16.5. The van der Waals surface area contributed by atoms with Crippen LogP contribution in [-0.2, 0) is 0 Å². The lowest BCUT2D eigenvalue weighted by Crippen LogP contribution is -2.14. The Morgan fingerprint density at radius 2 is 1.97 bits per heavy atom. The summed E-state index contributed by atoms with van der Waals surface area (Å²) in [5.41, 5.74) is 17.0. The molecule has 3 heterocycles. The van der Waals surface area contributed by atoms with Crippen molar-refractivity contribution in [3.63, 3.8) is 0 Å². The third-order valence-corrected chi connectivity index (χ3v) is 5.69. The first-order chi connectivity index (χ1) is 13.8. The molecular weight excluding hydrogens is 388 g/mol. The molecule has 0 aliphatic carbocycles. The highest BCUT2D eigenvalue weighted by molar-refractivity contribution is 7.13. The molecule has 3 aromatic heterocycles. The van der Waals surface area contributed by atoms with Crippen LogP contribution in [0, 0.1) is 20.8 Å². The number of carbonyl (C=O) groups is 1. The number of ether oxygens (including phenoxy) is 1. The Hall–Kier alpha value is -3.46. The largest absolute Gasteiger partial charge is 0.496 e. The number of anilines is 1. The Bertz CT molecular complexity index is 1260. The van der Waals surface area contributed by atoms with Crippen molar-refractivity contribution in [2.45, 2.75) is 20.8 Å². The van der Waals surface area contributed by atoms with Gasteiger partial charge in [-0.25, -0.2) is 15.0 Å². The zero-order valence-corrected chi connectivity index (χ0v) is 17.3. The number of thiazole rings is 1. The lowest BCUT2D eigenvalue weighted by Gasteiger charge is -2.16. The van der Waals surface area contributed by atoms with Crippen molar-refractivity contribution >= 4 is 34.2 Å². The molecule has 0 fully saturated rings. The maximum atomic E-state index is 12.3. The zero-order chi connectivity index (χ0) is 20.9. The molecule has 4 aromatic rings. The predicted octanol–water partition coefficient (Wildman–Crippen LogP) is 3.16. The Labute approximate surface area is 171 Å². The number of rotatable bonds is 4. The molecule has 4 N–H and O–H groups in total. The van der Waals surface area contributed by atoms with Gasteiger partial charge in [-0.2, -0.15) is 0 Å². The van der Waals surface area contributed by atoms with Crippen LogP contribution in [0.2, 0.25) is 0 Å². The van der Waals surface area contributed by atoms with Crippen LogP contribution in [0.25, 0.3) is 27.6 Å². The van der Waals surface area contributed by atoms with Crippen LogP contribution in [0.15, 0.2) is 23.7 Å². The van der Waals surface area contributed by atoms with E-state index in [1.54, 1.807) is 17.9 Å². The molecule has 4 rings (SSSR count). The number of amides is 1. The third kappa shape index (κ3) is 2.82. The predicted molar refractivity (Wildman–Crippen MR) is 114 cm³/mol. The highest BCUT2D eigenvalue weighted by atomic mass is 32.1. The molecule has 1 aromatic carbocycles. The van der Waals surface area contributed by atoms with E-state index >= 15 is 0 Å². The number of nitrogens with two attached hydrogens (primary N) is 2. The number of primary amides is 1. The minimum absolute atomic E-state index is 0.145. The average molecular weight is 408 g/mol. The van der Waals surface area contributed by atoms with Crippen LogP contribution in [0.1, 0.15) is 27.2 Å². The highest BCUT2D eigenvalue weighted by Crippen LogP contribution is 2.36. The number of methoxy groups -OCH3 is 1. The fraction of sp³-hybridized carbons (Fsp3) is 0.200. The van der Waals surface area contributed by atoms with Gasteiger partial charge in [0.2, 0.25) is 0 Å². The minimum atomic E-state index is -0.660. The molecule has 29 heavy (non-hydrogen) atoms. The second kappa shape index (κ2) is 6.85. The Morgan fingerprint density at radius 1 is 1.21 bits per heavy atom. The molecule has 0 saturated carbocycles. The van der Waals surface area contributed by atoms with E-state index in [0.29, 0.717) is 33.3 Å². The van der Waals surface area contributed by atoms with Gasteiger partial charge in [0.1, 0.15) is 33.3 Å². The third-order valence-electron chi connectivity index (χ3n) is 4.91. The van der Waals surface area contributed by atoms with Crippen molar-refractivity contribution in [3.05, 3.63) is 46.1 Å². The summed E-state index contributed by atoms with van der Waals surface area (Å²) in [5.74, 6) is 0.242. The van der Waals surface area contributed by atoms with Gasteiger partial charge in [0, 0.05) is 17.1 Å². The molecular formula is C20H20N6O2S. The first-order valence-corrected chi connectivity index (χ1v) is 9.75. The van der Waals surface area contributed by atoms with Gasteiger partial charge in [0.25, 0.3) is 5.91 Å². The van der Waals surface area contributed by atoms with Crippen LogP contribution in [0.3, 0.4) is 0 Å². The number of nitrogens with zero attached hydrogens (tertiary/aromatic N) is 4. The van der Waals surface area contributed by atoms with Gasteiger partial charge in [-0.05, 0) is 32.4 Å². The lowest BCUT2D eigenvalue weighted by atomic mass is 10.1. The Kier molecular flexibility index (Phi) is 4.46. The smallest absolute Gasteiger partial charge is 0.254 e. The first-order valence-electron chi connectivity index (χ1n) is 8.87. The first kappa shape index (κ1) is 18.9. The summed E-state index contributed by atoms with van der Waals surface area (Å²) >= 11 is 1.45. The standard InChI is InChI=1S/C20H20N6O2S/c1-9-5-6-12(28-4)10(2)16(9)26-17(21)13(18(22)27)15-19(26)24-11(3)14(25-15)20-23-7-8-29-20/h5-8H,21H2,1-4H3,(H2,22,27). The van der Waals surface area contributed by atoms with Crippen LogP contribution >= 0.6 is 11.3 Å². The van der Waals surface area contributed by atoms with E-state index in [1.807, 2.05) is 38.3 Å². The van der Waals surface area contributed by atoms with E-state index in [2.05, 4.69) is 4.98 Å². The van der Waals surface area contributed by atoms with E-state index in [-0.39, 0.29) is 11.4 Å². The van der Waals surface area contributed by atoms with Gasteiger partial charge in [-0.1, -0.05) is 6.07 Å². The normalized spacial score (nSPS) is 11.2. The molecule has 0 bridgehead atoms. The second-order valence-corrected chi connectivity index (χ2v) is 7.58. The number of hydrogen-bond donors (Lipinski definition) is 2. The van der Waals surface area contributed by atoms with Crippen LogP contribution in [-0.4, -0.2) is 32.5 Å². The molecule has 0 radical (unpaired) electrons. The molecule has 9 heteroatoms. The molecule has 148 valence electrons. The fourth-order valence-electron chi connectivity index (χ4n) is 3.57. The fourth-order valence-corrected chi connectivity index (χ4v) is 4.25. The summed E-state index contributed by atoms with van der Waals surface area (Å²) in [4.78, 5) is 26.0. The van der Waals surface area contributed by atoms with Crippen molar-refractivity contribution in [1.82, 2.24) is 19.5 Å².